The van der Waals surface area contributed by atoms with Crippen LogP contribution in [-0.2, 0) is 0 Å². The Bertz CT molecular complexity index is 1670. The second-order valence-corrected chi connectivity index (χ2v) is 11.3. The summed E-state index contributed by atoms with van der Waals surface area (Å²) in [6.45, 7) is 14.0. The average Bonchev–Trinajstić information content (AvgIpc) is 2.87. The Hall–Kier alpha value is -3.34. The second-order valence-electron chi connectivity index (χ2n) is 10.8. The minimum absolute atomic E-state index is 0.341. The van der Waals surface area contributed by atoms with Gasteiger partial charge >= 0.3 is 0 Å². The Kier molecular flexibility index (Phi) is 6.27. The van der Waals surface area contributed by atoms with Gasteiger partial charge in [0.2, 0.25) is 0 Å². The van der Waals surface area contributed by atoms with E-state index in [0.717, 1.165) is 16.1 Å². The van der Waals surface area contributed by atoms with Gasteiger partial charge in [-0.25, -0.2) is 0 Å². The van der Waals surface area contributed by atoms with Crippen LogP contribution in [0.4, 0.5) is 0 Å². The van der Waals surface area contributed by atoms with E-state index in [-0.39, 0.29) is 0 Å². The van der Waals surface area contributed by atoms with Crippen LogP contribution in [0.15, 0.2) is 66.7 Å². The monoisotopic (exact) mass is 481 g/mol. The highest BCUT2D eigenvalue weighted by Crippen LogP contribution is 2.48. The molecule has 0 nitrogen and oxygen atoms in total. The standard InChI is InChI=1S/C35H33Si/c1-8-24-26-17-11-12-18-28(26)35(36)34-31(22(6)7)29(20(2)3)30(21(4)5)33(32(24)34)27-19-13-15-23-14-9-10-16-25(23)27/h1,9-22H,2-7H3. The summed E-state index contributed by atoms with van der Waals surface area (Å²) in [7, 11) is 4.16. The molecule has 5 aromatic carbocycles. The van der Waals surface area contributed by atoms with E-state index in [2.05, 4.69) is 124 Å². The van der Waals surface area contributed by atoms with Gasteiger partial charge in [0.1, 0.15) is 0 Å². The molecule has 0 unspecified atom stereocenters. The Labute approximate surface area is 219 Å². The summed E-state index contributed by atoms with van der Waals surface area (Å²) in [5, 5.41) is 8.43. The predicted molar refractivity (Wildman–Crippen MR) is 160 cm³/mol. The first-order chi connectivity index (χ1) is 17.3. The maximum Gasteiger partial charge on any atom is 0.0729 e. The van der Waals surface area contributed by atoms with Crippen molar-refractivity contribution in [2.24, 2.45) is 0 Å². The third-order valence-electron chi connectivity index (χ3n) is 7.52. The quantitative estimate of drug-likeness (QED) is 0.136. The van der Waals surface area contributed by atoms with Gasteiger partial charge in [0, 0.05) is 10.9 Å². The van der Waals surface area contributed by atoms with Gasteiger partial charge in [0.05, 0.1) is 10.2 Å². The van der Waals surface area contributed by atoms with Gasteiger partial charge in [0.15, 0.2) is 0 Å². The molecule has 0 fully saturated rings. The summed E-state index contributed by atoms with van der Waals surface area (Å²) in [5.41, 5.74) is 7.85. The summed E-state index contributed by atoms with van der Waals surface area (Å²) in [5.74, 6) is 4.23. The van der Waals surface area contributed by atoms with E-state index in [9.17, 15) is 0 Å². The van der Waals surface area contributed by atoms with Crippen molar-refractivity contribution in [3.05, 3.63) is 89.0 Å². The smallest absolute Gasteiger partial charge is 0.0729 e. The SMILES string of the molecule is C#Cc1c2ccccc2c([Si])c2c(C(C)C)c(C(C)C)c(C(C)C)c(-c3cccc4ccccc34)c12. The van der Waals surface area contributed by atoms with Crippen LogP contribution in [0, 0.1) is 12.3 Å². The van der Waals surface area contributed by atoms with Crippen LogP contribution < -0.4 is 5.19 Å². The third kappa shape index (κ3) is 3.59. The molecule has 177 valence electrons. The zero-order chi connectivity index (χ0) is 25.7. The van der Waals surface area contributed by atoms with Crippen LogP contribution >= 0.6 is 0 Å². The molecule has 36 heavy (non-hydrogen) atoms. The van der Waals surface area contributed by atoms with Gasteiger partial charge in [-0.15, -0.1) is 6.42 Å². The van der Waals surface area contributed by atoms with Crippen LogP contribution in [0.1, 0.15) is 81.5 Å². The lowest BCUT2D eigenvalue weighted by molar-refractivity contribution is 0.756. The number of hydrogen-bond donors (Lipinski definition) is 0. The predicted octanol–water partition coefficient (Wildman–Crippen LogP) is 8.96. The molecule has 0 atom stereocenters. The van der Waals surface area contributed by atoms with Crippen molar-refractivity contribution in [3.8, 4) is 23.5 Å². The molecule has 1 heteroatoms. The van der Waals surface area contributed by atoms with E-state index in [1.165, 1.54) is 54.7 Å². The third-order valence-corrected chi connectivity index (χ3v) is 8.04. The van der Waals surface area contributed by atoms with E-state index in [1.54, 1.807) is 0 Å². The van der Waals surface area contributed by atoms with Crippen LogP contribution in [0.2, 0.25) is 0 Å². The number of benzene rings is 5. The topological polar surface area (TPSA) is 0 Å². The molecule has 5 rings (SSSR count). The Balaban J connectivity index is 2.22. The summed E-state index contributed by atoms with van der Waals surface area (Å²) >= 11 is 0. The van der Waals surface area contributed by atoms with Crippen molar-refractivity contribution in [1.29, 1.82) is 0 Å². The van der Waals surface area contributed by atoms with E-state index < -0.39 is 0 Å². The van der Waals surface area contributed by atoms with Gasteiger partial charge < -0.3 is 0 Å². The van der Waals surface area contributed by atoms with Crippen LogP contribution in [0.25, 0.3) is 43.4 Å². The normalized spacial score (nSPS) is 11.9. The number of terminal acetylenes is 1. The first-order valence-electron chi connectivity index (χ1n) is 13.0. The molecular formula is C35H33Si. The Morgan fingerprint density at radius 3 is 1.78 bits per heavy atom. The molecule has 0 aliphatic rings. The molecule has 0 amide bonds. The zero-order valence-corrected chi connectivity index (χ0v) is 23.2. The van der Waals surface area contributed by atoms with Crippen molar-refractivity contribution < 1.29 is 0 Å². The van der Waals surface area contributed by atoms with Crippen LogP contribution in [0.5, 0.6) is 0 Å². The molecule has 0 saturated carbocycles. The Morgan fingerprint density at radius 2 is 1.17 bits per heavy atom. The molecule has 3 radical (unpaired) electrons. The highest BCUT2D eigenvalue weighted by atomic mass is 28.1. The van der Waals surface area contributed by atoms with Crippen molar-refractivity contribution in [3.63, 3.8) is 0 Å². The lowest BCUT2D eigenvalue weighted by atomic mass is 9.74. The Morgan fingerprint density at radius 1 is 0.611 bits per heavy atom. The fraction of sp³-hybridized carbons (Fsp3) is 0.257. The molecule has 0 saturated heterocycles. The summed E-state index contributed by atoms with van der Waals surface area (Å²) in [6.07, 6.45) is 6.38. The molecule has 0 aromatic heterocycles. The fourth-order valence-electron chi connectivity index (χ4n) is 6.20. The van der Waals surface area contributed by atoms with Crippen molar-refractivity contribution in [2.45, 2.75) is 59.3 Å². The second kappa shape index (κ2) is 9.27. The lowest BCUT2D eigenvalue weighted by Crippen LogP contribution is -2.17. The fourth-order valence-corrected chi connectivity index (χ4v) is 6.68. The van der Waals surface area contributed by atoms with Crippen molar-refractivity contribution in [2.75, 3.05) is 0 Å². The number of rotatable bonds is 4. The van der Waals surface area contributed by atoms with E-state index in [1.807, 2.05) is 0 Å². The molecule has 0 bridgehead atoms. The molecule has 5 aromatic rings. The van der Waals surface area contributed by atoms with Gasteiger partial charge in [-0.3, -0.25) is 0 Å². The summed E-state index contributed by atoms with van der Waals surface area (Å²) < 4.78 is 0. The van der Waals surface area contributed by atoms with Crippen molar-refractivity contribution >= 4 is 47.7 Å². The van der Waals surface area contributed by atoms with E-state index >= 15 is 0 Å². The van der Waals surface area contributed by atoms with Gasteiger partial charge in [-0.1, -0.05) is 119 Å². The highest BCUT2D eigenvalue weighted by Gasteiger charge is 2.29. The molecular weight excluding hydrogens is 448 g/mol. The van der Waals surface area contributed by atoms with Crippen LogP contribution in [0.3, 0.4) is 0 Å². The number of fused-ring (bicyclic) bond motifs is 3. The molecule has 0 aliphatic heterocycles. The lowest BCUT2D eigenvalue weighted by Gasteiger charge is -2.31. The van der Waals surface area contributed by atoms with Gasteiger partial charge in [-0.2, -0.15) is 0 Å². The largest absolute Gasteiger partial charge is 0.115 e. The molecule has 0 heterocycles. The van der Waals surface area contributed by atoms with E-state index in [0.29, 0.717) is 17.8 Å². The summed E-state index contributed by atoms with van der Waals surface area (Å²) in [4.78, 5) is 0. The first-order valence-corrected chi connectivity index (χ1v) is 13.5. The highest BCUT2D eigenvalue weighted by molar-refractivity contribution is 6.47. The van der Waals surface area contributed by atoms with Crippen molar-refractivity contribution in [1.82, 2.24) is 0 Å². The summed E-state index contributed by atoms with van der Waals surface area (Å²) in [6, 6.07) is 23.9. The number of hydrogen-bond acceptors (Lipinski definition) is 0. The van der Waals surface area contributed by atoms with E-state index in [4.69, 9.17) is 6.42 Å². The maximum absolute atomic E-state index is 6.38. The molecule has 0 N–H and O–H groups in total. The minimum Gasteiger partial charge on any atom is -0.115 e. The van der Waals surface area contributed by atoms with Gasteiger partial charge in [-0.05, 0) is 72.5 Å². The minimum atomic E-state index is 0.341. The van der Waals surface area contributed by atoms with Crippen LogP contribution in [-0.4, -0.2) is 10.2 Å². The maximum atomic E-state index is 6.38. The molecule has 0 aliphatic carbocycles. The van der Waals surface area contributed by atoms with Gasteiger partial charge in [0.25, 0.3) is 0 Å². The average molecular weight is 482 g/mol. The molecule has 0 spiro atoms. The first kappa shape index (κ1) is 24.4. The zero-order valence-electron chi connectivity index (χ0n) is 22.2.